The van der Waals surface area contributed by atoms with Gasteiger partial charge in [0.2, 0.25) is 0 Å². The van der Waals surface area contributed by atoms with E-state index in [1.807, 2.05) is 22.7 Å². The first-order valence-electron chi connectivity index (χ1n) is 26.7. The Bertz CT molecular complexity index is 4350. The van der Waals surface area contributed by atoms with Crippen LogP contribution in [0.5, 0.6) is 0 Å². The summed E-state index contributed by atoms with van der Waals surface area (Å²) in [4.78, 5) is 8.09. The summed E-state index contributed by atoms with van der Waals surface area (Å²) in [5, 5.41) is 5.23. The van der Waals surface area contributed by atoms with E-state index in [0.717, 1.165) is 6.42 Å². The lowest BCUT2D eigenvalue weighted by molar-refractivity contribution is 0.195. The average molecular weight is 998 g/mol. The Kier molecular flexibility index (Phi) is 9.31. The standard InChI is InChI=1S/C69H52BN3S2/c1-43-38-61-65-62(39-43)72(58-27-17-25-52-50-23-11-13-29-64(50)75-67(52)58)60-42-48(73-56-35-31-46(44-18-6-4-7-19-44)40-53(56)68(2)36-14-15-37-69(68,73)3)32-34-55(60)70(65)54-33-30-47(45-20-8-5-9-21-45)41-59(54)71(61)57-26-16-24-51-49-22-10-12-28-63(49)74-66(51)57/h4-13,16-35,38-42H,14-15,36-37H2,1-3H3. The lowest BCUT2D eigenvalue weighted by Crippen LogP contribution is -2.61. The molecule has 5 heterocycles. The van der Waals surface area contributed by atoms with Crippen LogP contribution in [0.3, 0.4) is 0 Å². The molecule has 75 heavy (non-hydrogen) atoms. The Labute approximate surface area is 446 Å². The second-order valence-electron chi connectivity index (χ2n) is 22.0. The summed E-state index contributed by atoms with van der Waals surface area (Å²) in [6.45, 7) is 7.42. The smallest absolute Gasteiger partial charge is 0.252 e. The van der Waals surface area contributed by atoms with Gasteiger partial charge < -0.3 is 14.7 Å². The summed E-state index contributed by atoms with van der Waals surface area (Å²) in [5.41, 5.74) is 21.6. The fourth-order valence-corrected chi connectivity index (χ4v) is 16.8. The van der Waals surface area contributed by atoms with Crippen LogP contribution in [0, 0.1) is 6.92 Å². The third kappa shape index (κ3) is 6.10. The van der Waals surface area contributed by atoms with Crippen molar-refractivity contribution in [3.63, 3.8) is 0 Å². The third-order valence-electron chi connectivity index (χ3n) is 18.0. The maximum atomic E-state index is 2.78. The molecular weight excluding hydrogens is 946 g/mol. The molecule has 10 aromatic carbocycles. The Hall–Kier alpha value is -7.90. The van der Waals surface area contributed by atoms with Crippen LogP contribution in [0.4, 0.5) is 45.5 Å². The third-order valence-corrected chi connectivity index (χ3v) is 20.4. The van der Waals surface area contributed by atoms with Gasteiger partial charge in [0.1, 0.15) is 0 Å². The van der Waals surface area contributed by atoms with Crippen LogP contribution in [0.25, 0.3) is 62.6 Å². The predicted octanol–water partition coefficient (Wildman–Crippen LogP) is 17.9. The summed E-state index contributed by atoms with van der Waals surface area (Å²) < 4.78 is 5.24. The number of hydrogen-bond donors (Lipinski definition) is 0. The van der Waals surface area contributed by atoms with Crippen molar-refractivity contribution in [2.45, 2.75) is 57.4 Å². The normalized spacial score (nSPS) is 18.4. The first-order valence-corrected chi connectivity index (χ1v) is 28.4. The number of rotatable bonds is 5. The Morgan fingerprint density at radius 1 is 0.413 bits per heavy atom. The van der Waals surface area contributed by atoms with Crippen LogP contribution >= 0.6 is 22.7 Å². The van der Waals surface area contributed by atoms with Crippen LogP contribution < -0.4 is 31.1 Å². The summed E-state index contributed by atoms with van der Waals surface area (Å²) in [6.07, 6.45) is 4.76. The number of hydrogen-bond acceptors (Lipinski definition) is 5. The van der Waals surface area contributed by atoms with E-state index in [1.54, 1.807) is 0 Å². The fraction of sp³-hybridized carbons (Fsp3) is 0.130. The number of nitrogens with zero attached hydrogens (tertiary/aromatic N) is 3. The lowest BCUT2D eigenvalue weighted by Gasteiger charge is -2.50. The summed E-state index contributed by atoms with van der Waals surface area (Å²) in [5.74, 6) is 0. The van der Waals surface area contributed by atoms with Gasteiger partial charge in [0.15, 0.2) is 0 Å². The van der Waals surface area contributed by atoms with Crippen molar-refractivity contribution < 1.29 is 0 Å². The SMILES string of the molecule is Cc1cc2c3c(c1)N(c1cccc4c1sc1ccccc14)c1cc(N4c5ccc(-c6ccccc6)cc5C5(C)CCCCC45C)ccc1B3c1ccc(-c3ccccc3)cc1N2c1cccc2c1sc1ccccc12. The van der Waals surface area contributed by atoms with Crippen molar-refractivity contribution >= 4 is 132 Å². The largest absolute Gasteiger partial charge is 0.334 e. The number of fused-ring (bicyclic) bond motifs is 13. The van der Waals surface area contributed by atoms with Gasteiger partial charge in [0.25, 0.3) is 6.71 Å². The molecular formula is C69H52BN3S2. The van der Waals surface area contributed by atoms with Crippen molar-refractivity contribution in [3.05, 3.63) is 223 Å². The van der Waals surface area contributed by atoms with Crippen molar-refractivity contribution in [2.24, 2.45) is 0 Å². The first kappa shape index (κ1) is 43.5. The van der Waals surface area contributed by atoms with Gasteiger partial charge in [-0.2, -0.15) is 0 Å². The molecule has 0 spiro atoms. The second kappa shape index (κ2) is 16.1. The van der Waals surface area contributed by atoms with E-state index < -0.39 is 0 Å². The van der Waals surface area contributed by atoms with E-state index in [9.17, 15) is 0 Å². The van der Waals surface area contributed by atoms with Crippen molar-refractivity contribution in [1.29, 1.82) is 0 Å². The zero-order chi connectivity index (χ0) is 49.7. The van der Waals surface area contributed by atoms with Gasteiger partial charge in [-0.15, -0.1) is 22.7 Å². The molecule has 0 amide bonds. The summed E-state index contributed by atoms with van der Waals surface area (Å²) in [6, 6.07) is 81.0. The van der Waals surface area contributed by atoms with Crippen LogP contribution in [-0.4, -0.2) is 12.3 Å². The highest BCUT2D eigenvalue weighted by molar-refractivity contribution is 7.27. The molecule has 1 fully saturated rings. The van der Waals surface area contributed by atoms with E-state index in [2.05, 4.69) is 248 Å². The van der Waals surface area contributed by atoms with Gasteiger partial charge in [-0.25, -0.2) is 0 Å². The molecule has 2 aromatic heterocycles. The molecule has 0 N–H and O–H groups in total. The van der Waals surface area contributed by atoms with E-state index in [0.29, 0.717) is 0 Å². The minimum Gasteiger partial charge on any atom is -0.334 e. The molecule has 4 aliphatic rings. The van der Waals surface area contributed by atoms with Crippen molar-refractivity contribution in [1.82, 2.24) is 0 Å². The van der Waals surface area contributed by atoms with Crippen LogP contribution in [0.2, 0.25) is 0 Å². The quantitative estimate of drug-likeness (QED) is 0.159. The summed E-state index contributed by atoms with van der Waals surface area (Å²) in [7, 11) is 0. The molecule has 1 aliphatic carbocycles. The fourth-order valence-electron chi connectivity index (χ4n) is 14.3. The monoisotopic (exact) mass is 997 g/mol. The molecule has 2 unspecified atom stereocenters. The predicted molar refractivity (Wildman–Crippen MR) is 325 cm³/mol. The van der Waals surface area contributed by atoms with E-state index in [1.165, 1.54) is 155 Å². The molecule has 3 aliphatic heterocycles. The molecule has 2 atom stereocenters. The van der Waals surface area contributed by atoms with Gasteiger partial charge in [-0.1, -0.05) is 165 Å². The zero-order valence-corrected chi connectivity index (χ0v) is 43.9. The second-order valence-corrected chi connectivity index (χ2v) is 24.1. The molecule has 16 rings (SSSR count). The zero-order valence-electron chi connectivity index (χ0n) is 42.3. The van der Waals surface area contributed by atoms with Crippen molar-refractivity contribution in [3.8, 4) is 22.3 Å². The van der Waals surface area contributed by atoms with E-state index in [4.69, 9.17) is 0 Å². The number of benzene rings is 10. The maximum absolute atomic E-state index is 2.78. The highest BCUT2D eigenvalue weighted by Crippen LogP contribution is 2.62. The van der Waals surface area contributed by atoms with Crippen LogP contribution in [0.1, 0.15) is 50.7 Å². The minimum absolute atomic E-state index is 0.0231. The van der Waals surface area contributed by atoms with Gasteiger partial charge >= 0.3 is 0 Å². The molecule has 0 bridgehead atoms. The highest BCUT2D eigenvalue weighted by Gasteiger charge is 2.58. The first-order chi connectivity index (χ1) is 36.8. The minimum atomic E-state index is -0.122. The number of thiophene rings is 2. The average Bonchev–Trinajstić information content (AvgIpc) is 4.17. The van der Waals surface area contributed by atoms with Gasteiger partial charge in [0, 0.05) is 70.5 Å². The molecule has 0 radical (unpaired) electrons. The lowest BCUT2D eigenvalue weighted by atomic mass is 9.33. The van der Waals surface area contributed by atoms with Crippen molar-refractivity contribution in [2.75, 3.05) is 14.7 Å². The maximum Gasteiger partial charge on any atom is 0.252 e. The van der Waals surface area contributed by atoms with E-state index in [-0.39, 0.29) is 17.7 Å². The Balaban J connectivity index is 0.981. The molecule has 0 saturated heterocycles. The molecule has 3 nitrogen and oxygen atoms in total. The highest BCUT2D eigenvalue weighted by atomic mass is 32.1. The molecule has 1 saturated carbocycles. The Morgan fingerprint density at radius 2 is 0.933 bits per heavy atom. The van der Waals surface area contributed by atoms with Gasteiger partial charge in [-0.3, -0.25) is 0 Å². The van der Waals surface area contributed by atoms with Gasteiger partial charge in [0.05, 0.1) is 26.3 Å². The van der Waals surface area contributed by atoms with Crippen LogP contribution in [-0.2, 0) is 5.41 Å². The van der Waals surface area contributed by atoms with Crippen LogP contribution in [0.15, 0.2) is 212 Å². The topological polar surface area (TPSA) is 9.72 Å². The van der Waals surface area contributed by atoms with Gasteiger partial charge in [-0.05, 0) is 143 Å². The molecule has 358 valence electrons. The Morgan fingerprint density at radius 3 is 1.56 bits per heavy atom. The molecule has 12 aromatic rings. The number of anilines is 8. The molecule has 6 heteroatoms. The number of aryl methyl sites for hydroxylation is 1. The summed E-state index contributed by atoms with van der Waals surface area (Å²) >= 11 is 3.83. The van der Waals surface area contributed by atoms with E-state index >= 15 is 0 Å².